The number of hydrogen-bond donors (Lipinski definition) is 2. The van der Waals surface area contributed by atoms with Gasteiger partial charge in [-0.15, -0.1) is 0 Å². The zero-order valence-electron chi connectivity index (χ0n) is 7.02. The van der Waals surface area contributed by atoms with Crippen LogP contribution in [0.1, 0.15) is 19.8 Å². The molecule has 0 rings (SSSR count). The first-order valence-corrected chi connectivity index (χ1v) is 3.46. The van der Waals surface area contributed by atoms with Gasteiger partial charge in [0.1, 0.15) is 6.26 Å². The van der Waals surface area contributed by atoms with Gasteiger partial charge in [-0.25, -0.2) is 4.79 Å². The number of carboxylic acid groups (broad SMARTS) is 2. The van der Waals surface area contributed by atoms with Crippen LogP contribution in [0.5, 0.6) is 0 Å². The highest BCUT2D eigenvalue weighted by atomic mass is 17.2. The Balaban J connectivity index is 0. The molecule has 0 atom stereocenters. The van der Waals surface area contributed by atoms with E-state index in [1.165, 1.54) is 6.26 Å². The summed E-state index contributed by atoms with van der Waals surface area (Å²) < 4.78 is 0. The van der Waals surface area contributed by atoms with E-state index in [0.29, 0.717) is 6.61 Å². The van der Waals surface area contributed by atoms with E-state index in [9.17, 15) is 0 Å². The molecule has 0 aliphatic carbocycles. The lowest BCUT2D eigenvalue weighted by Crippen LogP contribution is -1.89. The van der Waals surface area contributed by atoms with Crippen molar-refractivity contribution in [2.45, 2.75) is 19.8 Å². The van der Waals surface area contributed by atoms with Gasteiger partial charge in [-0.1, -0.05) is 19.9 Å². The molecule has 0 aliphatic heterocycles. The van der Waals surface area contributed by atoms with E-state index >= 15 is 0 Å². The molecular weight excluding hydrogens is 164 g/mol. The van der Waals surface area contributed by atoms with E-state index in [0.717, 1.165) is 12.8 Å². The lowest BCUT2D eigenvalue weighted by atomic mass is 10.4. The summed E-state index contributed by atoms with van der Waals surface area (Å²) in [6.45, 7) is 6.06. The summed E-state index contributed by atoms with van der Waals surface area (Å²) in [6.07, 6.45) is 1.60. The van der Waals surface area contributed by atoms with Gasteiger partial charge < -0.3 is 15.1 Å². The van der Waals surface area contributed by atoms with E-state index in [4.69, 9.17) is 15.0 Å². The third kappa shape index (κ3) is 37.3. The number of carbonyl (C=O) groups is 1. The molecule has 0 radical (unpaired) electrons. The van der Waals surface area contributed by atoms with Gasteiger partial charge in [0, 0.05) is 0 Å². The van der Waals surface area contributed by atoms with Crippen molar-refractivity contribution < 1.29 is 24.8 Å². The summed E-state index contributed by atoms with van der Waals surface area (Å²) >= 11 is 0. The average molecular weight is 178 g/mol. The van der Waals surface area contributed by atoms with Crippen molar-refractivity contribution in [3.63, 3.8) is 0 Å². The minimum absolute atomic E-state index is 0.655. The van der Waals surface area contributed by atoms with E-state index in [1.807, 2.05) is 0 Å². The van der Waals surface area contributed by atoms with Gasteiger partial charge in [-0.3, -0.25) is 0 Å². The highest BCUT2D eigenvalue weighted by molar-refractivity contribution is 5.53. The molecule has 12 heavy (non-hydrogen) atoms. The van der Waals surface area contributed by atoms with Crippen LogP contribution in [-0.4, -0.2) is 23.0 Å². The van der Waals surface area contributed by atoms with E-state index in [-0.39, 0.29) is 0 Å². The SMILES string of the molecule is C=COOCCCC.O=C(O)O. The largest absolute Gasteiger partial charge is 0.503 e. The fourth-order valence-electron chi connectivity index (χ4n) is 0.299. The van der Waals surface area contributed by atoms with Crippen molar-refractivity contribution in [3.8, 4) is 0 Å². The lowest BCUT2D eigenvalue weighted by molar-refractivity contribution is -0.248. The van der Waals surface area contributed by atoms with Crippen LogP contribution < -0.4 is 0 Å². The van der Waals surface area contributed by atoms with Gasteiger partial charge in [0.25, 0.3) is 0 Å². The Morgan fingerprint density at radius 2 is 2.08 bits per heavy atom. The number of unbranched alkanes of at least 4 members (excludes halogenated alkanes) is 1. The molecule has 0 unspecified atom stereocenters. The molecule has 0 fully saturated rings. The third-order valence-electron chi connectivity index (χ3n) is 0.717. The molecule has 0 spiro atoms. The molecule has 72 valence electrons. The molecule has 0 aliphatic rings. The summed E-state index contributed by atoms with van der Waals surface area (Å²) in [6, 6.07) is 0. The fraction of sp³-hybridized carbons (Fsp3) is 0.571. The van der Waals surface area contributed by atoms with Gasteiger partial charge in [0.05, 0.1) is 6.61 Å². The highest BCUT2D eigenvalue weighted by Gasteiger charge is 1.81. The predicted molar refractivity (Wildman–Crippen MR) is 42.8 cm³/mol. The normalized spacial score (nSPS) is 7.75. The minimum Gasteiger partial charge on any atom is -0.450 e. The van der Waals surface area contributed by atoms with Crippen LogP contribution in [0.25, 0.3) is 0 Å². The van der Waals surface area contributed by atoms with Gasteiger partial charge in [0.15, 0.2) is 0 Å². The molecule has 5 nitrogen and oxygen atoms in total. The van der Waals surface area contributed by atoms with Crippen molar-refractivity contribution >= 4 is 6.16 Å². The summed E-state index contributed by atoms with van der Waals surface area (Å²) in [5.74, 6) is 0. The van der Waals surface area contributed by atoms with Crippen LogP contribution in [0.3, 0.4) is 0 Å². The second-order valence-electron chi connectivity index (χ2n) is 1.72. The molecule has 0 amide bonds. The van der Waals surface area contributed by atoms with Crippen LogP contribution in [0.2, 0.25) is 0 Å². The molecule has 0 saturated heterocycles. The van der Waals surface area contributed by atoms with Crippen molar-refractivity contribution in [1.29, 1.82) is 0 Å². The summed E-state index contributed by atoms with van der Waals surface area (Å²) in [5, 5.41) is 13.9. The Labute approximate surface area is 71.2 Å². The van der Waals surface area contributed by atoms with Crippen LogP contribution in [0.15, 0.2) is 12.8 Å². The van der Waals surface area contributed by atoms with Crippen molar-refractivity contribution in [1.82, 2.24) is 0 Å². The van der Waals surface area contributed by atoms with Crippen LogP contribution in [-0.2, 0) is 9.78 Å². The summed E-state index contributed by atoms with van der Waals surface area (Å²) in [7, 11) is 0. The second kappa shape index (κ2) is 12.4. The quantitative estimate of drug-likeness (QED) is 0.292. The maximum absolute atomic E-state index is 8.56. The Hall–Kier alpha value is -1.23. The second-order valence-corrected chi connectivity index (χ2v) is 1.72. The number of hydrogen-bond acceptors (Lipinski definition) is 3. The monoisotopic (exact) mass is 178 g/mol. The first kappa shape index (κ1) is 13.4. The van der Waals surface area contributed by atoms with E-state index < -0.39 is 6.16 Å². The molecule has 0 saturated carbocycles. The zero-order valence-corrected chi connectivity index (χ0v) is 7.02. The Bertz CT molecular complexity index is 108. The Morgan fingerprint density at radius 1 is 1.58 bits per heavy atom. The van der Waals surface area contributed by atoms with Gasteiger partial charge in [0.2, 0.25) is 0 Å². The van der Waals surface area contributed by atoms with Crippen LogP contribution in [0, 0.1) is 0 Å². The summed E-state index contributed by atoms with van der Waals surface area (Å²) in [4.78, 5) is 17.6. The van der Waals surface area contributed by atoms with Crippen LogP contribution in [0.4, 0.5) is 4.79 Å². The third-order valence-corrected chi connectivity index (χ3v) is 0.717. The molecular formula is C7H14O5. The molecule has 0 aromatic carbocycles. The van der Waals surface area contributed by atoms with Crippen molar-refractivity contribution in [2.24, 2.45) is 0 Å². The average Bonchev–Trinajstić information content (AvgIpc) is 1.97. The predicted octanol–water partition coefficient (Wildman–Crippen LogP) is 2.10. The topological polar surface area (TPSA) is 76.0 Å². The maximum Gasteiger partial charge on any atom is 0.503 e. The molecule has 0 heterocycles. The van der Waals surface area contributed by atoms with E-state index in [1.54, 1.807) is 0 Å². The van der Waals surface area contributed by atoms with Crippen LogP contribution >= 0.6 is 0 Å². The van der Waals surface area contributed by atoms with Crippen molar-refractivity contribution in [2.75, 3.05) is 6.61 Å². The first-order chi connectivity index (χ1) is 5.65. The smallest absolute Gasteiger partial charge is 0.450 e. The number of rotatable bonds is 5. The molecule has 2 N–H and O–H groups in total. The minimum atomic E-state index is -1.83. The Morgan fingerprint density at radius 3 is 2.42 bits per heavy atom. The van der Waals surface area contributed by atoms with Gasteiger partial charge in [-0.05, 0) is 6.42 Å². The maximum atomic E-state index is 8.56. The molecule has 0 aromatic rings. The first-order valence-electron chi connectivity index (χ1n) is 3.46. The lowest BCUT2D eigenvalue weighted by Gasteiger charge is -1.95. The summed E-state index contributed by atoms with van der Waals surface area (Å²) in [5.41, 5.74) is 0. The van der Waals surface area contributed by atoms with E-state index in [2.05, 4.69) is 23.3 Å². The van der Waals surface area contributed by atoms with Crippen molar-refractivity contribution in [3.05, 3.63) is 12.8 Å². The molecule has 0 aromatic heterocycles. The molecule has 0 bridgehead atoms. The standard InChI is InChI=1S/C6H12O2.CH2O3/c1-3-5-6-8-7-4-2;2-1(3)4/h4H,2-3,5-6H2,1H3;(H2,2,3,4). The Kier molecular flexibility index (Phi) is 13.9. The fourth-order valence-corrected chi connectivity index (χ4v) is 0.299. The highest BCUT2D eigenvalue weighted by Crippen LogP contribution is 1.87. The molecule has 5 heteroatoms. The zero-order chi connectivity index (χ0) is 9.82. The van der Waals surface area contributed by atoms with Gasteiger partial charge in [-0.2, -0.15) is 4.89 Å². The van der Waals surface area contributed by atoms with Gasteiger partial charge >= 0.3 is 6.16 Å².